The maximum Gasteiger partial charge on any atom is 0.227 e. The lowest BCUT2D eigenvalue weighted by Gasteiger charge is -2.12. The van der Waals surface area contributed by atoms with Gasteiger partial charge >= 0.3 is 0 Å². The molecule has 2 aliphatic carbocycles. The molecule has 1 amide bonds. The summed E-state index contributed by atoms with van der Waals surface area (Å²) in [5, 5.41) is 3.00. The van der Waals surface area contributed by atoms with Crippen molar-refractivity contribution in [3.63, 3.8) is 0 Å². The van der Waals surface area contributed by atoms with Gasteiger partial charge in [-0.05, 0) is 31.6 Å². The molecule has 2 saturated carbocycles. The van der Waals surface area contributed by atoms with E-state index in [1.807, 2.05) is 0 Å². The number of nitrogens with one attached hydrogen (secondary N) is 1. The van der Waals surface area contributed by atoms with Crippen LogP contribution < -0.4 is 11.1 Å². The van der Waals surface area contributed by atoms with Crippen LogP contribution in [0.5, 0.6) is 0 Å². The van der Waals surface area contributed by atoms with Crippen molar-refractivity contribution in [2.75, 3.05) is 13.1 Å². The molecule has 14 heavy (non-hydrogen) atoms. The molecule has 0 bridgehead atoms. The fraction of sp³-hybridized carbons (Fsp3) is 0.909. The molecule has 0 radical (unpaired) electrons. The molecular formula is C11H20N2O. The van der Waals surface area contributed by atoms with Crippen molar-refractivity contribution in [1.29, 1.82) is 0 Å². The molecule has 0 aromatic carbocycles. The van der Waals surface area contributed by atoms with E-state index in [4.69, 9.17) is 5.73 Å². The van der Waals surface area contributed by atoms with Crippen molar-refractivity contribution in [2.45, 2.75) is 38.5 Å². The molecular weight excluding hydrogens is 176 g/mol. The molecule has 0 heterocycles. The number of rotatable bonds is 6. The monoisotopic (exact) mass is 196 g/mol. The van der Waals surface area contributed by atoms with Crippen LogP contribution in [-0.4, -0.2) is 19.0 Å². The highest BCUT2D eigenvalue weighted by molar-refractivity contribution is 5.85. The molecule has 3 nitrogen and oxygen atoms in total. The van der Waals surface area contributed by atoms with Crippen molar-refractivity contribution in [1.82, 2.24) is 5.32 Å². The van der Waals surface area contributed by atoms with Crippen molar-refractivity contribution >= 4 is 5.91 Å². The molecule has 0 aromatic heterocycles. The molecule has 0 saturated heterocycles. The van der Waals surface area contributed by atoms with Crippen LogP contribution in [-0.2, 0) is 4.79 Å². The summed E-state index contributed by atoms with van der Waals surface area (Å²) in [7, 11) is 0. The predicted molar refractivity (Wildman–Crippen MR) is 55.7 cm³/mol. The van der Waals surface area contributed by atoms with Crippen LogP contribution in [0, 0.1) is 11.3 Å². The van der Waals surface area contributed by atoms with Gasteiger partial charge in [0.25, 0.3) is 0 Å². The van der Waals surface area contributed by atoms with Crippen LogP contribution >= 0.6 is 0 Å². The molecule has 0 aromatic rings. The van der Waals surface area contributed by atoms with E-state index in [9.17, 15) is 4.79 Å². The maximum absolute atomic E-state index is 11.6. The summed E-state index contributed by atoms with van der Waals surface area (Å²) in [6.45, 7) is 1.36. The molecule has 2 rings (SSSR count). The first-order valence-electron chi connectivity index (χ1n) is 5.75. The molecule has 2 aliphatic rings. The van der Waals surface area contributed by atoms with E-state index in [0.29, 0.717) is 6.54 Å². The second-order valence-electron chi connectivity index (χ2n) is 4.83. The van der Waals surface area contributed by atoms with Crippen LogP contribution in [0.2, 0.25) is 0 Å². The fourth-order valence-corrected chi connectivity index (χ4v) is 1.86. The summed E-state index contributed by atoms with van der Waals surface area (Å²) < 4.78 is 0. The van der Waals surface area contributed by atoms with Crippen LogP contribution in [0.3, 0.4) is 0 Å². The van der Waals surface area contributed by atoms with Crippen LogP contribution in [0.15, 0.2) is 0 Å². The van der Waals surface area contributed by atoms with E-state index >= 15 is 0 Å². The Morgan fingerprint density at radius 1 is 1.43 bits per heavy atom. The number of hydrogen-bond donors (Lipinski definition) is 2. The van der Waals surface area contributed by atoms with E-state index < -0.39 is 0 Å². The number of carbonyl (C=O) groups excluding carboxylic acids is 1. The minimum absolute atomic E-state index is 0.167. The van der Waals surface area contributed by atoms with Gasteiger partial charge in [0, 0.05) is 13.1 Å². The van der Waals surface area contributed by atoms with Gasteiger partial charge in [-0.15, -0.1) is 0 Å². The number of nitrogens with two attached hydrogens (primary N) is 1. The van der Waals surface area contributed by atoms with Crippen LogP contribution in [0.4, 0.5) is 0 Å². The Morgan fingerprint density at radius 2 is 2.14 bits per heavy atom. The third-order valence-corrected chi connectivity index (χ3v) is 3.50. The first-order chi connectivity index (χ1) is 6.77. The summed E-state index contributed by atoms with van der Waals surface area (Å²) in [4.78, 5) is 11.6. The molecule has 2 fully saturated rings. The third-order valence-electron chi connectivity index (χ3n) is 3.50. The Balaban J connectivity index is 1.57. The van der Waals surface area contributed by atoms with Crippen molar-refractivity contribution < 1.29 is 4.79 Å². The standard InChI is InChI=1S/C11H20N2O/c12-8-11(5-6-11)10(14)13-7-1-2-9-3-4-9/h9H,1-8,12H2,(H,13,14). The second-order valence-corrected chi connectivity index (χ2v) is 4.83. The molecule has 0 atom stereocenters. The predicted octanol–water partition coefficient (Wildman–Crippen LogP) is 1.03. The normalized spacial score (nSPS) is 23.2. The van der Waals surface area contributed by atoms with Crippen molar-refractivity contribution in [3.8, 4) is 0 Å². The van der Waals surface area contributed by atoms with E-state index in [-0.39, 0.29) is 11.3 Å². The zero-order valence-electron chi connectivity index (χ0n) is 8.72. The van der Waals surface area contributed by atoms with Gasteiger partial charge in [-0.2, -0.15) is 0 Å². The van der Waals surface area contributed by atoms with E-state index in [1.165, 1.54) is 19.3 Å². The Morgan fingerprint density at radius 3 is 2.64 bits per heavy atom. The highest BCUT2D eigenvalue weighted by Crippen LogP contribution is 2.44. The molecule has 0 spiro atoms. The van der Waals surface area contributed by atoms with Crippen molar-refractivity contribution in [3.05, 3.63) is 0 Å². The summed E-state index contributed by atoms with van der Waals surface area (Å²) in [5.74, 6) is 1.16. The molecule has 3 N–H and O–H groups in total. The van der Waals surface area contributed by atoms with Gasteiger partial charge in [0.1, 0.15) is 0 Å². The average molecular weight is 196 g/mol. The zero-order valence-corrected chi connectivity index (χ0v) is 8.72. The molecule has 80 valence electrons. The Bertz CT molecular complexity index is 219. The van der Waals surface area contributed by atoms with Gasteiger partial charge in [0.15, 0.2) is 0 Å². The van der Waals surface area contributed by atoms with Gasteiger partial charge in [0.05, 0.1) is 5.41 Å². The lowest BCUT2D eigenvalue weighted by atomic mass is 10.1. The maximum atomic E-state index is 11.6. The quantitative estimate of drug-likeness (QED) is 0.623. The van der Waals surface area contributed by atoms with Crippen LogP contribution in [0.25, 0.3) is 0 Å². The van der Waals surface area contributed by atoms with Gasteiger partial charge < -0.3 is 11.1 Å². The topological polar surface area (TPSA) is 55.1 Å². The van der Waals surface area contributed by atoms with Crippen molar-refractivity contribution in [2.24, 2.45) is 17.1 Å². The fourth-order valence-electron chi connectivity index (χ4n) is 1.86. The first kappa shape index (κ1) is 9.97. The minimum Gasteiger partial charge on any atom is -0.356 e. The minimum atomic E-state index is -0.167. The highest BCUT2D eigenvalue weighted by Gasteiger charge is 2.48. The average Bonchev–Trinajstić information content (AvgIpc) is 3.03. The lowest BCUT2D eigenvalue weighted by Crippen LogP contribution is -2.37. The summed E-state index contributed by atoms with van der Waals surface area (Å²) >= 11 is 0. The smallest absolute Gasteiger partial charge is 0.227 e. The second kappa shape index (κ2) is 3.89. The largest absolute Gasteiger partial charge is 0.356 e. The number of carbonyl (C=O) groups is 1. The number of amides is 1. The number of hydrogen-bond acceptors (Lipinski definition) is 2. The van der Waals surface area contributed by atoms with Gasteiger partial charge in [0.2, 0.25) is 5.91 Å². The SMILES string of the molecule is NCC1(C(=O)NCCCC2CC2)CC1. The van der Waals surface area contributed by atoms with E-state index in [2.05, 4.69) is 5.32 Å². The Hall–Kier alpha value is -0.570. The molecule has 0 unspecified atom stereocenters. The van der Waals surface area contributed by atoms with Gasteiger partial charge in [-0.1, -0.05) is 12.8 Å². The zero-order chi connectivity index (χ0) is 10.0. The van der Waals surface area contributed by atoms with Gasteiger partial charge in [-0.3, -0.25) is 4.79 Å². The molecule has 0 aliphatic heterocycles. The van der Waals surface area contributed by atoms with E-state index in [1.54, 1.807) is 0 Å². The summed E-state index contributed by atoms with van der Waals surface area (Å²) in [6.07, 6.45) is 7.20. The highest BCUT2D eigenvalue weighted by atomic mass is 16.2. The third kappa shape index (κ3) is 2.27. The first-order valence-corrected chi connectivity index (χ1v) is 5.75. The van der Waals surface area contributed by atoms with Gasteiger partial charge in [-0.25, -0.2) is 0 Å². The molecule has 3 heteroatoms. The summed E-state index contributed by atoms with van der Waals surface area (Å²) in [5.41, 5.74) is 5.40. The summed E-state index contributed by atoms with van der Waals surface area (Å²) in [6, 6.07) is 0. The van der Waals surface area contributed by atoms with Crippen LogP contribution in [0.1, 0.15) is 38.5 Å². The Labute approximate surface area is 85.4 Å². The van der Waals surface area contributed by atoms with E-state index in [0.717, 1.165) is 31.7 Å². The Kier molecular flexibility index (Phi) is 2.77. The lowest BCUT2D eigenvalue weighted by molar-refractivity contribution is -0.125.